The first-order valence-electron chi connectivity index (χ1n) is 8.31. The van der Waals surface area contributed by atoms with Crippen molar-refractivity contribution in [2.24, 2.45) is 0 Å². The first kappa shape index (κ1) is 17.1. The third kappa shape index (κ3) is 3.02. The summed E-state index contributed by atoms with van der Waals surface area (Å²) in [6, 6.07) is 11.5. The first-order valence-corrected chi connectivity index (χ1v) is 8.31. The molecule has 2 aromatic carbocycles. The lowest BCUT2D eigenvalue weighted by atomic mass is 9.91. The number of anilines is 1. The predicted octanol–water partition coefficient (Wildman–Crippen LogP) is 3.87. The van der Waals surface area contributed by atoms with E-state index in [4.69, 9.17) is 14.2 Å². The van der Waals surface area contributed by atoms with Crippen molar-refractivity contribution in [1.29, 1.82) is 0 Å². The van der Waals surface area contributed by atoms with Crippen LogP contribution in [0.25, 0.3) is 0 Å². The maximum absolute atomic E-state index is 13.2. The third-order valence-electron chi connectivity index (χ3n) is 4.70. The Bertz CT molecular complexity index is 762. The first-order chi connectivity index (χ1) is 12.1. The number of carbonyl (C=O) groups is 1. The maximum atomic E-state index is 13.2. The second kappa shape index (κ2) is 7.05. The Balaban J connectivity index is 2.03. The molecule has 0 saturated heterocycles. The molecule has 0 N–H and O–H groups in total. The lowest BCUT2D eigenvalue weighted by molar-refractivity contribution is 0.0983. The van der Waals surface area contributed by atoms with Gasteiger partial charge in [0.1, 0.15) is 0 Å². The van der Waals surface area contributed by atoms with Gasteiger partial charge in [0.05, 0.1) is 21.3 Å². The Morgan fingerprint density at radius 2 is 1.68 bits per heavy atom. The van der Waals surface area contributed by atoms with Gasteiger partial charge in [-0.3, -0.25) is 4.79 Å². The molecular formula is C20H23NO4. The number of para-hydroxylation sites is 1. The van der Waals surface area contributed by atoms with E-state index in [1.807, 2.05) is 23.1 Å². The van der Waals surface area contributed by atoms with E-state index in [0.717, 1.165) is 12.1 Å². The van der Waals surface area contributed by atoms with Crippen molar-refractivity contribution in [2.75, 3.05) is 32.8 Å². The molecule has 0 aromatic heterocycles. The summed E-state index contributed by atoms with van der Waals surface area (Å²) in [7, 11) is 4.64. The quantitative estimate of drug-likeness (QED) is 0.847. The van der Waals surface area contributed by atoms with Crippen LogP contribution >= 0.6 is 0 Å². The number of methoxy groups -OCH3 is 3. The molecule has 1 atom stereocenters. The number of carbonyl (C=O) groups excluding carboxylic acids is 1. The molecule has 25 heavy (non-hydrogen) atoms. The summed E-state index contributed by atoms with van der Waals surface area (Å²) in [5, 5.41) is 0. The van der Waals surface area contributed by atoms with Crippen LogP contribution < -0.4 is 19.1 Å². The van der Waals surface area contributed by atoms with Crippen LogP contribution in [-0.2, 0) is 0 Å². The molecule has 1 amide bonds. The minimum atomic E-state index is -0.0707. The zero-order valence-electron chi connectivity index (χ0n) is 15.0. The van der Waals surface area contributed by atoms with Crippen molar-refractivity contribution in [2.45, 2.75) is 19.3 Å². The second-order valence-electron chi connectivity index (χ2n) is 6.12. The van der Waals surface area contributed by atoms with Crippen LogP contribution in [0.1, 0.15) is 35.2 Å². The summed E-state index contributed by atoms with van der Waals surface area (Å²) >= 11 is 0. The van der Waals surface area contributed by atoms with Crippen LogP contribution in [0.4, 0.5) is 5.69 Å². The Labute approximate surface area is 148 Å². The fourth-order valence-corrected chi connectivity index (χ4v) is 3.32. The average Bonchev–Trinajstić information content (AvgIpc) is 2.66. The van der Waals surface area contributed by atoms with E-state index in [2.05, 4.69) is 13.0 Å². The molecule has 0 saturated carbocycles. The fourth-order valence-electron chi connectivity index (χ4n) is 3.32. The second-order valence-corrected chi connectivity index (χ2v) is 6.12. The van der Waals surface area contributed by atoms with E-state index in [9.17, 15) is 4.79 Å². The van der Waals surface area contributed by atoms with E-state index < -0.39 is 0 Å². The molecule has 0 unspecified atom stereocenters. The van der Waals surface area contributed by atoms with Crippen molar-refractivity contribution in [1.82, 2.24) is 0 Å². The van der Waals surface area contributed by atoms with Crippen LogP contribution in [0.3, 0.4) is 0 Å². The van der Waals surface area contributed by atoms with Crippen LogP contribution in [0.15, 0.2) is 36.4 Å². The van der Waals surface area contributed by atoms with Gasteiger partial charge < -0.3 is 19.1 Å². The smallest absolute Gasteiger partial charge is 0.258 e. The summed E-state index contributed by atoms with van der Waals surface area (Å²) in [6.07, 6.45) is 0.938. The molecule has 1 heterocycles. The van der Waals surface area contributed by atoms with Gasteiger partial charge in [0.15, 0.2) is 11.5 Å². The number of fused-ring (bicyclic) bond motifs is 1. The zero-order chi connectivity index (χ0) is 18.0. The largest absolute Gasteiger partial charge is 0.493 e. The van der Waals surface area contributed by atoms with Crippen LogP contribution in [-0.4, -0.2) is 33.8 Å². The van der Waals surface area contributed by atoms with Crippen molar-refractivity contribution in [3.63, 3.8) is 0 Å². The molecule has 0 aliphatic carbocycles. The topological polar surface area (TPSA) is 48.0 Å². The van der Waals surface area contributed by atoms with Crippen LogP contribution in [0.5, 0.6) is 17.2 Å². The Hall–Kier alpha value is -2.69. The summed E-state index contributed by atoms with van der Waals surface area (Å²) in [6.45, 7) is 2.88. The van der Waals surface area contributed by atoms with Gasteiger partial charge in [-0.25, -0.2) is 0 Å². The minimum Gasteiger partial charge on any atom is -0.493 e. The third-order valence-corrected chi connectivity index (χ3v) is 4.70. The molecule has 0 bridgehead atoms. The van der Waals surface area contributed by atoms with Crippen molar-refractivity contribution >= 4 is 11.6 Å². The van der Waals surface area contributed by atoms with Gasteiger partial charge in [-0.05, 0) is 36.1 Å². The predicted molar refractivity (Wildman–Crippen MR) is 97.2 cm³/mol. The van der Waals surface area contributed by atoms with E-state index in [1.54, 1.807) is 33.5 Å². The normalized spacial score (nSPS) is 16.2. The zero-order valence-corrected chi connectivity index (χ0v) is 15.0. The molecule has 5 nitrogen and oxygen atoms in total. The summed E-state index contributed by atoms with van der Waals surface area (Å²) < 4.78 is 16.1. The number of hydrogen-bond acceptors (Lipinski definition) is 4. The lowest BCUT2D eigenvalue weighted by Gasteiger charge is -2.33. The lowest BCUT2D eigenvalue weighted by Crippen LogP contribution is -2.36. The molecule has 3 rings (SSSR count). The number of rotatable bonds is 4. The number of hydrogen-bond donors (Lipinski definition) is 0. The molecule has 0 radical (unpaired) electrons. The highest BCUT2D eigenvalue weighted by molar-refractivity contribution is 6.07. The molecule has 1 aliphatic heterocycles. The van der Waals surface area contributed by atoms with Gasteiger partial charge >= 0.3 is 0 Å². The summed E-state index contributed by atoms with van der Waals surface area (Å²) in [5.74, 6) is 1.81. The van der Waals surface area contributed by atoms with Crippen molar-refractivity contribution in [3.8, 4) is 17.2 Å². The number of nitrogens with zero attached hydrogens (tertiary/aromatic N) is 1. The SMILES string of the molecule is COc1cc(C(=O)N2CC[C@H](C)c3ccccc32)cc(OC)c1OC. The van der Waals surface area contributed by atoms with E-state index in [-0.39, 0.29) is 5.91 Å². The molecule has 1 aliphatic rings. The average molecular weight is 341 g/mol. The molecular weight excluding hydrogens is 318 g/mol. The van der Waals surface area contributed by atoms with E-state index in [1.165, 1.54) is 5.56 Å². The number of ether oxygens (including phenoxy) is 3. The summed E-state index contributed by atoms with van der Waals surface area (Å²) in [4.78, 5) is 15.0. The van der Waals surface area contributed by atoms with Gasteiger partial charge in [0, 0.05) is 17.8 Å². The number of benzene rings is 2. The Kier molecular flexibility index (Phi) is 4.83. The molecule has 132 valence electrons. The highest BCUT2D eigenvalue weighted by atomic mass is 16.5. The van der Waals surface area contributed by atoms with Gasteiger partial charge in [0.2, 0.25) is 5.75 Å². The van der Waals surface area contributed by atoms with Crippen molar-refractivity contribution < 1.29 is 19.0 Å². The molecule has 2 aromatic rings. The maximum Gasteiger partial charge on any atom is 0.258 e. The Morgan fingerprint density at radius 1 is 1.04 bits per heavy atom. The van der Waals surface area contributed by atoms with Gasteiger partial charge in [0.25, 0.3) is 5.91 Å². The molecule has 0 spiro atoms. The minimum absolute atomic E-state index is 0.0707. The van der Waals surface area contributed by atoms with Crippen LogP contribution in [0.2, 0.25) is 0 Å². The number of amides is 1. The standard InChI is InChI=1S/C20H23NO4/c1-13-9-10-21(16-8-6-5-7-15(13)16)20(22)14-11-17(23-2)19(25-4)18(12-14)24-3/h5-8,11-13H,9-10H2,1-4H3/t13-/m0/s1. The highest BCUT2D eigenvalue weighted by Gasteiger charge is 2.28. The van der Waals surface area contributed by atoms with Gasteiger partial charge in [-0.1, -0.05) is 25.1 Å². The van der Waals surface area contributed by atoms with E-state index in [0.29, 0.717) is 35.3 Å². The van der Waals surface area contributed by atoms with Crippen LogP contribution in [0, 0.1) is 0 Å². The van der Waals surface area contributed by atoms with Gasteiger partial charge in [-0.15, -0.1) is 0 Å². The van der Waals surface area contributed by atoms with E-state index >= 15 is 0 Å². The Morgan fingerprint density at radius 3 is 2.28 bits per heavy atom. The van der Waals surface area contributed by atoms with Crippen molar-refractivity contribution in [3.05, 3.63) is 47.5 Å². The molecule has 5 heteroatoms. The van der Waals surface area contributed by atoms with Gasteiger partial charge in [-0.2, -0.15) is 0 Å². The summed E-state index contributed by atoms with van der Waals surface area (Å²) in [5.41, 5.74) is 2.69. The fraction of sp³-hybridized carbons (Fsp3) is 0.350. The monoisotopic (exact) mass is 341 g/mol. The molecule has 0 fully saturated rings. The highest BCUT2D eigenvalue weighted by Crippen LogP contribution is 2.40.